The lowest BCUT2D eigenvalue weighted by molar-refractivity contribution is -0.119. The van der Waals surface area contributed by atoms with Crippen LogP contribution >= 0.6 is 15.9 Å². The number of aromatic nitrogens is 1. The minimum atomic E-state index is -0.323. The Labute approximate surface area is 121 Å². The fourth-order valence-electron chi connectivity index (χ4n) is 2.07. The minimum Gasteiger partial charge on any atom is -0.369 e. The van der Waals surface area contributed by atoms with Gasteiger partial charge in [-0.2, -0.15) is 0 Å². The Kier molecular flexibility index (Phi) is 4.32. The highest BCUT2D eigenvalue weighted by molar-refractivity contribution is 9.10. The van der Waals surface area contributed by atoms with Gasteiger partial charge in [-0.25, -0.2) is 0 Å². The monoisotopic (exact) mass is 318 g/mol. The molecule has 0 spiro atoms. The second kappa shape index (κ2) is 5.97. The zero-order valence-electron chi connectivity index (χ0n) is 10.6. The second-order valence-corrected chi connectivity index (χ2v) is 5.50. The van der Waals surface area contributed by atoms with Crippen molar-refractivity contribution in [3.63, 3.8) is 0 Å². The van der Waals surface area contributed by atoms with E-state index in [4.69, 9.17) is 5.73 Å². The molecule has 1 unspecified atom stereocenters. The number of aryl methyl sites for hydroxylation is 1. The topological polar surface area (TPSA) is 56.0 Å². The number of halogens is 1. The molecule has 0 fully saturated rings. The van der Waals surface area contributed by atoms with Gasteiger partial charge in [-0.3, -0.25) is 9.78 Å². The van der Waals surface area contributed by atoms with Gasteiger partial charge in [0.2, 0.25) is 5.91 Å². The van der Waals surface area contributed by atoms with Crippen molar-refractivity contribution in [3.8, 4) is 0 Å². The first-order valence-corrected chi connectivity index (χ1v) is 6.81. The average Bonchev–Trinajstić information content (AvgIpc) is 2.35. The number of nitrogens with zero attached hydrogens (tertiary/aromatic N) is 1. The number of amides is 1. The molecule has 0 bridgehead atoms. The van der Waals surface area contributed by atoms with E-state index in [1.165, 1.54) is 0 Å². The van der Waals surface area contributed by atoms with Crippen molar-refractivity contribution in [3.05, 3.63) is 63.9 Å². The first-order valence-electron chi connectivity index (χ1n) is 6.01. The van der Waals surface area contributed by atoms with Crippen LogP contribution in [0.25, 0.3) is 0 Å². The van der Waals surface area contributed by atoms with E-state index in [9.17, 15) is 4.79 Å². The highest BCUT2D eigenvalue weighted by atomic mass is 79.9. The summed E-state index contributed by atoms with van der Waals surface area (Å²) < 4.78 is 0.900. The molecule has 1 aromatic heterocycles. The standard InChI is InChI=1S/C15H15BrN2O/c1-10-3-2-4-12(5-10)14(15(17)19)7-11-6-13(16)9-18-8-11/h2-6,8-9,14H,7H2,1H3,(H2,17,19). The van der Waals surface area contributed by atoms with Crippen molar-refractivity contribution in [1.29, 1.82) is 0 Å². The van der Waals surface area contributed by atoms with E-state index in [1.807, 2.05) is 37.3 Å². The van der Waals surface area contributed by atoms with E-state index in [1.54, 1.807) is 12.4 Å². The molecule has 2 rings (SSSR count). The molecule has 19 heavy (non-hydrogen) atoms. The Morgan fingerprint density at radius 1 is 1.37 bits per heavy atom. The fraction of sp³-hybridized carbons (Fsp3) is 0.200. The van der Waals surface area contributed by atoms with Gasteiger partial charge in [0, 0.05) is 16.9 Å². The number of benzene rings is 1. The molecule has 3 nitrogen and oxygen atoms in total. The summed E-state index contributed by atoms with van der Waals surface area (Å²) in [7, 11) is 0. The third-order valence-corrected chi connectivity index (χ3v) is 3.42. The summed E-state index contributed by atoms with van der Waals surface area (Å²) in [5, 5.41) is 0. The first-order chi connectivity index (χ1) is 9.06. The molecule has 1 aromatic carbocycles. The van der Waals surface area contributed by atoms with Crippen LogP contribution in [-0.2, 0) is 11.2 Å². The third kappa shape index (κ3) is 3.64. The lowest BCUT2D eigenvalue weighted by Crippen LogP contribution is -2.23. The number of nitrogens with two attached hydrogens (primary N) is 1. The van der Waals surface area contributed by atoms with Crippen molar-refractivity contribution in [2.24, 2.45) is 5.73 Å². The predicted octanol–water partition coefficient (Wildman–Crippen LogP) is 2.96. The number of hydrogen-bond acceptors (Lipinski definition) is 2. The van der Waals surface area contributed by atoms with Gasteiger partial charge in [0.1, 0.15) is 0 Å². The molecule has 1 heterocycles. The summed E-state index contributed by atoms with van der Waals surface area (Å²) in [6.07, 6.45) is 4.04. The molecule has 0 aliphatic rings. The molecule has 2 N–H and O–H groups in total. The van der Waals surface area contributed by atoms with Crippen LogP contribution < -0.4 is 5.73 Å². The molecule has 0 saturated carbocycles. The van der Waals surface area contributed by atoms with Crippen LogP contribution in [-0.4, -0.2) is 10.9 Å². The number of carbonyl (C=O) groups is 1. The van der Waals surface area contributed by atoms with Crippen molar-refractivity contribution in [1.82, 2.24) is 4.98 Å². The maximum atomic E-state index is 11.7. The number of pyridine rings is 1. The van der Waals surface area contributed by atoms with Crippen molar-refractivity contribution in [2.45, 2.75) is 19.3 Å². The molecule has 0 aliphatic carbocycles. The molecule has 0 saturated heterocycles. The van der Waals surface area contributed by atoms with Crippen LogP contribution in [0.1, 0.15) is 22.6 Å². The molecule has 98 valence electrons. The van der Waals surface area contributed by atoms with Gasteiger partial charge >= 0.3 is 0 Å². The molecule has 2 aromatic rings. The van der Waals surface area contributed by atoms with E-state index < -0.39 is 0 Å². The van der Waals surface area contributed by atoms with Gasteiger partial charge in [0.25, 0.3) is 0 Å². The maximum absolute atomic E-state index is 11.7. The van der Waals surface area contributed by atoms with Crippen LogP contribution in [0.3, 0.4) is 0 Å². The summed E-state index contributed by atoms with van der Waals surface area (Å²) in [4.78, 5) is 15.8. The highest BCUT2D eigenvalue weighted by Crippen LogP contribution is 2.22. The lowest BCUT2D eigenvalue weighted by atomic mass is 9.91. The zero-order chi connectivity index (χ0) is 13.8. The average molecular weight is 319 g/mol. The van der Waals surface area contributed by atoms with Crippen LogP contribution in [0, 0.1) is 6.92 Å². The molecule has 4 heteroatoms. The molecular formula is C15H15BrN2O. The maximum Gasteiger partial charge on any atom is 0.225 e. The van der Waals surface area contributed by atoms with Crippen LogP contribution in [0.2, 0.25) is 0 Å². The van der Waals surface area contributed by atoms with E-state index in [-0.39, 0.29) is 11.8 Å². The van der Waals surface area contributed by atoms with E-state index >= 15 is 0 Å². The van der Waals surface area contributed by atoms with Gasteiger partial charge in [-0.05, 0) is 46.5 Å². The number of rotatable bonds is 4. The van der Waals surface area contributed by atoms with E-state index in [2.05, 4.69) is 20.9 Å². The Morgan fingerprint density at radius 2 is 2.16 bits per heavy atom. The molecular weight excluding hydrogens is 304 g/mol. The van der Waals surface area contributed by atoms with Crippen LogP contribution in [0.5, 0.6) is 0 Å². The third-order valence-electron chi connectivity index (χ3n) is 2.99. The highest BCUT2D eigenvalue weighted by Gasteiger charge is 2.18. The Balaban J connectivity index is 2.29. The summed E-state index contributed by atoms with van der Waals surface area (Å²) in [5.41, 5.74) is 8.59. The van der Waals surface area contributed by atoms with Gasteiger partial charge in [0.15, 0.2) is 0 Å². The summed E-state index contributed by atoms with van der Waals surface area (Å²) in [6, 6.07) is 9.84. The van der Waals surface area contributed by atoms with Gasteiger partial charge in [-0.15, -0.1) is 0 Å². The zero-order valence-corrected chi connectivity index (χ0v) is 12.2. The van der Waals surface area contributed by atoms with Crippen LogP contribution in [0.15, 0.2) is 47.2 Å². The Hall–Kier alpha value is -1.68. The minimum absolute atomic E-state index is 0.314. The summed E-state index contributed by atoms with van der Waals surface area (Å²) in [6.45, 7) is 2.00. The number of carbonyl (C=O) groups excluding carboxylic acids is 1. The molecule has 0 aliphatic heterocycles. The predicted molar refractivity (Wildman–Crippen MR) is 78.8 cm³/mol. The summed E-state index contributed by atoms with van der Waals surface area (Å²) in [5.74, 6) is -0.637. The van der Waals surface area contributed by atoms with Crippen molar-refractivity contribution >= 4 is 21.8 Å². The van der Waals surface area contributed by atoms with E-state index in [0.717, 1.165) is 21.2 Å². The lowest BCUT2D eigenvalue weighted by Gasteiger charge is -2.14. The van der Waals surface area contributed by atoms with Crippen molar-refractivity contribution < 1.29 is 4.79 Å². The second-order valence-electron chi connectivity index (χ2n) is 4.58. The van der Waals surface area contributed by atoms with Gasteiger partial charge < -0.3 is 5.73 Å². The van der Waals surface area contributed by atoms with Gasteiger partial charge in [-0.1, -0.05) is 29.8 Å². The van der Waals surface area contributed by atoms with Gasteiger partial charge in [0.05, 0.1) is 5.92 Å². The Morgan fingerprint density at radius 3 is 2.79 bits per heavy atom. The first kappa shape index (κ1) is 13.7. The molecule has 1 atom stereocenters. The smallest absolute Gasteiger partial charge is 0.225 e. The number of hydrogen-bond donors (Lipinski definition) is 1. The quantitative estimate of drug-likeness (QED) is 0.942. The van der Waals surface area contributed by atoms with Crippen LogP contribution in [0.4, 0.5) is 0 Å². The van der Waals surface area contributed by atoms with Crippen molar-refractivity contribution in [2.75, 3.05) is 0 Å². The summed E-state index contributed by atoms with van der Waals surface area (Å²) >= 11 is 3.38. The number of primary amides is 1. The fourth-order valence-corrected chi connectivity index (χ4v) is 2.49. The molecule has 0 radical (unpaired) electrons. The van der Waals surface area contributed by atoms with E-state index in [0.29, 0.717) is 6.42 Å². The Bertz CT molecular complexity index is 598. The largest absolute Gasteiger partial charge is 0.369 e. The SMILES string of the molecule is Cc1cccc(C(Cc2cncc(Br)c2)C(N)=O)c1. The normalized spacial score (nSPS) is 12.1. The molecule has 1 amide bonds.